The van der Waals surface area contributed by atoms with Crippen molar-refractivity contribution in [2.45, 2.75) is 44.3 Å². The molecule has 0 fully saturated rings. The number of rotatable bonds is 6. The number of methoxy groups -OCH3 is 2. The molecule has 2 aliphatic heterocycles. The van der Waals surface area contributed by atoms with Crippen molar-refractivity contribution >= 4 is 29.1 Å². The van der Waals surface area contributed by atoms with Crippen molar-refractivity contribution in [3.05, 3.63) is 63.9 Å². The van der Waals surface area contributed by atoms with Gasteiger partial charge in [-0.25, -0.2) is 0 Å². The lowest BCUT2D eigenvalue weighted by atomic mass is 9.72. The second-order valence-corrected chi connectivity index (χ2v) is 9.91. The molecule has 5 rings (SSSR count). The second kappa shape index (κ2) is 9.10. The summed E-state index contributed by atoms with van der Waals surface area (Å²) >= 11 is 6.59. The molecule has 37 heavy (non-hydrogen) atoms. The smallest absolute Gasteiger partial charge is 0.302 e. The summed E-state index contributed by atoms with van der Waals surface area (Å²) in [4.78, 5) is 39.0. The molecule has 0 N–H and O–H groups in total. The second-order valence-electron chi connectivity index (χ2n) is 9.53. The molecule has 3 aliphatic rings. The van der Waals surface area contributed by atoms with Crippen molar-refractivity contribution in [2.24, 2.45) is 5.92 Å². The molecule has 8 nitrogen and oxygen atoms in total. The molecule has 9 heteroatoms. The van der Waals surface area contributed by atoms with Crippen LogP contribution in [0.15, 0.2) is 47.7 Å². The van der Waals surface area contributed by atoms with Crippen LogP contribution < -0.4 is 14.2 Å². The number of ketones is 2. The molecule has 2 heterocycles. The van der Waals surface area contributed by atoms with E-state index >= 15 is 0 Å². The molecule has 2 aromatic rings. The van der Waals surface area contributed by atoms with Crippen LogP contribution in [0.3, 0.4) is 0 Å². The molecular weight excluding hydrogens is 500 g/mol. The van der Waals surface area contributed by atoms with Crippen LogP contribution in [0.25, 0.3) is 0 Å². The predicted octanol–water partition coefficient (Wildman–Crippen LogP) is 4.80. The van der Waals surface area contributed by atoms with E-state index in [1.165, 1.54) is 27.2 Å². The van der Waals surface area contributed by atoms with E-state index in [-0.39, 0.29) is 65.3 Å². The first-order chi connectivity index (χ1) is 17.7. The van der Waals surface area contributed by atoms with E-state index in [1.54, 1.807) is 6.92 Å². The van der Waals surface area contributed by atoms with Crippen LogP contribution in [-0.4, -0.2) is 44.0 Å². The summed E-state index contributed by atoms with van der Waals surface area (Å²) in [5.74, 6) is -0.597. The largest absolute Gasteiger partial charge is 0.496 e. The van der Waals surface area contributed by atoms with Gasteiger partial charge < -0.3 is 23.7 Å². The maximum Gasteiger partial charge on any atom is 0.302 e. The molecule has 0 saturated heterocycles. The van der Waals surface area contributed by atoms with Gasteiger partial charge in [-0.2, -0.15) is 0 Å². The van der Waals surface area contributed by atoms with Gasteiger partial charge in [-0.05, 0) is 5.56 Å². The van der Waals surface area contributed by atoms with Crippen LogP contribution in [0, 0.1) is 5.92 Å². The molecule has 3 atom stereocenters. The van der Waals surface area contributed by atoms with Gasteiger partial charge in [-0.15, -0.1) is 0 Å². The quantitative estimate of drug-likeness (QED) is 0.495. The van der Waals surface area contributed by atoms with Crippen molar-refractivity contribution in [2.75, 3.05) is 20.8 Å². The fraction of sp³-hybridized carbons (Fsp3) is 0.393. The summed E-state index contributed by atoms with van der Waals surface area (Å²) in [6, 6.07) is 10.9. The van der Waals surface area contributed by atoms with Crippen LogP contribution >= 0.6 is 11.6 Å². The Bertz CT molecular complexity index is 1330. The van der Waals surface area contributed by atoms with E-state index in [2.05, 4.69) is 0 Å². The zero-order valence-corrected chi connectivity index (χ0v) is 21.8. The number of fused-ring (bicyclic) bond motifs is 2. The topological polar surface area (TPSA) is 97.4 Å². The third-order valence-electron chi connectivity index (χ3n) is 7.42. The molecule has 0 bridgehead atoms. The van der Waals surface area contributed by atoms with E-state index < -0.39 is 23.1 Å². The summed E-state index contributed by atoms with van der Waals surface area (Å²) in [6.45, 7) is 3.20. The third kappa shape index (κ3) is 3.69. The number of carbonyl (C=O) groups is 3. The minimum atomic E-state index is -1.60. The highest BCUT2D eigenvalue weighted by atomic mass is 35.5. The first kappa shape index (κ1) is 25.1. The van der Waals surface area contributed by atoms with Crippen LogP contribution in [0.2, 0.25) is 5.02 Å². The Balaban J connectivity index is 1.64. The predicted molar refractivity (Wildman–Crippen MR) is 133 cm³/mol. The summed E-state index contributed by atoms with van der Waals surface area (Å²) in [5, 5.41) is 0.136. The third-order valence-corrected chi connectivity index (χ3v) is 7.78. The maximum atomic E-state index is 14.2. The maximum absolute atomic E-state index is 14.2. The number of esters is 1. The zero-order chi connectivity index (χ0) is 26.5. The van der Waals surface area contributed by atoms with E-state index in [4.69, 9.17) is 35.3 Å². The molecular formula is C28H27ClO8. The Kier molecular flexibility index (Phi) is 6.18. The Morgan fingerprint density at radius 3 is 2.46 bits per heavy atom. The standard InChI is InChI=1S/C28H27ClO8/c1-15-12-19(31)18-14-27(10-11-35-16(2)30,17-8-6-5-7-9-17)37-26(18)28(15)25(32)22-20(33-3)13-21(34-4)23(29)24(22)36-28/h5-9,13,15H,10-12,14H2,1-4H3. The Morgan fingerprint density at radius 1 is 1.11 bits per heavy atom. The van der Waals surface area contributed by atoms with E-state index in [0.717, 1.165) is 5.56 Å². The van der Waals surface area contributed by atoms with Gasteiger partial charge in [0.05, 0.1) is 20.8 Å². The van der Waals surface area contributed by atoms with Gasteiger partial charge in [0.15, 0.2) is 17.3 Å². The zero-order valence-electron chi connectivity index (χ0n) is 21.0. The average molecular weight is 527 g/mol. The SMILES string of the molecule is COc1cc(OC)c2c(c1Cl)OC1(C2=O)C2=C(CC(CCOC(C)=O)(c3ccccc3)O2)C(=O)CC1C. The molecule has 0 saturated carbocycles. The first-order valence-corrected chi connectivity index (χ1v) is 12.4. The minimum Gasteiger partial charge on any atom is -0.496 e. The summed E-state index contributed by atoms with van der Waals surface area (Å²) in [5.41, 5.74) is -1.26. The van der Waals surface area contributed by atoms with Gasteiger partial charge in [0.1, 0.15) is 27.7 Å². The molecule has 0 amide bonds. The number of hydrogen-bond donors (Lipinski definition) is 0. The van der Waals surface area contributed by atoms with E-state index in [1.807, 2.05) is 30.3 Å². The summed E-state index contributed by atoms with van der Waals surface area (Å²) < 4.78 is 29.2. The van der Waals surface area contributed by atoms with Gasteiger partial charge in [0.2, 0.25) is 11.4 Å². The van der Waals surface area contributed by atoms with E-state index in [9.17, 15) is 14.4 Å². The van der Waals surface area contributed by atoms with Gasteiger partial charge in [0, 0.05) is 43.7 Å². The van der Waals surface area contributed by atoms with Crippen LogP contribution in [0.4, 0.5) is 0 Å². The fourth-order valence-corrected chi connectivity index (χ4v) is 5.84. The molecule has 0 radical (unpaired) electrons. The van der Waals surface area contributed by atoms with Gasteiger partial charge in [0.25, 0.3) is 0 Å². The van der Waals surface area contributed by atoms with Gasteiger partial charge in [-0.1, -0.05) is 48.9 Å². The van der Waals surface area contributed by atoms with Gasteiger partial charge in [-0.3, -0.25) is 14.4 Å². The molecule has 0 aromatic heterocycles. The summed E-state index contributed by atoms with van der Waals surface area (Å²) in [7, 11) is 2.90. The molecule has 3 unspecified atom stereocenters. The molecule has 2 aromatic carbocycles. The fourth-order valence-electron chi connectivity index (χ4n) is 5.57. The molecule has 1 aliphatic carbocycles. The number of Topliss-reactive ketones (excluding diaryl/α,β-unsaturated/α-hetero) is 2. The molecule has 1 spiro atoms. The minimum absolute atomic E-state index is 0.0768. The number of carbonyl (C=O) groups excluding carboxylic acids is 3. The number of benzene rings is 2. The van der Waals surface area contributed by atoms with E-state index in [0.29, 0.717) is 11.3 Å². The lowest BCUT2D eigenvalue weighted by Crippen LogP contribution is -2.52. The normalized spacial score (nSPS) is 25.9. The lowest BCUT2D eigenvalue weighted by Gasteiger charge is -2.38. The Morgan fingerprint density at radius 2 is 1.81 bits per heavy atom. The van der Waals surface area contributed by atoms with Crippen molar-refractivity contribution in [3.8, 4) is 17.2 Å². The summed E-state index contributed by atoms with van der Waals surface area (Å²) in [6.07, 6.45) is 0.580. The highest BCUT2D eigenvalue weighted by molar-refractivity contribution is 6.35. The number of ether oxygens (including phenoxy) is 5. The van der Waals surface area contributed by atoms with Crippen LogP contribution in [-0.2, 0) is 24.7 Å². The average Bonchev–Trinajstić information content (AvgIpc) is 3.43. The van der Waals surface area contributed by atoms with Gasteiger partial charge >= 0.3 is 5.97 Å². The Hall–Kier alpha value is -3.52. The lowest BCUT2D eigenvalue weighted by molar-refractivity contribution is -0.143. The van der Waals surface area contributed by atoms with Crippen molar-refractivity contribution in [3.63, 3.8) is 0 Å². The highest BCUT2D eigenvalue weighted by Gasteiger charge is 2.65. The van der Waals surface area contributed by atoms with Crippen molar-refractivity contribution < 1.29 is 38.1 Å². The molecule has 194 valence electrons. The van der Waals surface area contributed by atoms with Crippen LogP contribution in [0.5, 0.6) is 17.2 Å². The monoisotopic (exact) mass is 526 g/mol. The number of halogens is 1. The van der Waals surface area contributed by atoms with Crippen molar-refractivity contribution in [1.29, 1.82) is 0 Å². The Labute approximate surface area is 219 Å². The highest BCUT2D eigenvalue weighted by Crippen LogP contribution is 2.59. The first-order valence-electron chi connectivity index (χ1n) is 12.0. The number of hydrogen-bond acceptors (Lipinski definition) is 8. The van der Waals surface area contributed by atoms with Crippen LogP contribution in [0.1, 0.15) is 49.0 Å². The van der Waals surface area contributed by atoms with Crippen molar-refractivity contribution in [1.82, 2.24) is 0 Å².